The molecule has 4 aliphatic carbocycles. The van der Waals surface area contributed by atoms with Crippen LogP contribution in [-0.2, 0) is 4.79 Å². The summed E-state index contributed by atoms with van der Waals surface area (Å²) in [6.45, 7) is 9.54. The number of aromatic nitrogens is 4. The number of fused-ring (bicyclic) bond motifs is 5. The van der Waals surface area contributed by atoms with E-state index in [-0.39, 0.29) is 34.9 Å². The molecule has 4 saturated carbocycles. The molecule has 11 atom stereocenters. The molecule has 35 heavy (non-hydrogen) atoms. The third kappa shape index (κ3) is 4.12. The smallest absolute Gasteiger partial charge is 0.269 e. The highest BCUT2D eigenvalue weighted by Crippen LogP contribution is 2.69. The summed E-state index contributed by atoms with van der Waals surface area (Å²) in [6, 6.07) is 0. The van der Waals surface area contributed by atoms with Crippen LogP contribution in [0.15, 0.2) is 0 Å². The van der Waals surface area contributed by atoms with Gasteiger partial charge >= 0.3 is 0 Å². The van der Waals surface area contributed by atoms with Gasteiger partial charge in [-0.2, -0.15) is 5.21 Å². The van der Waals surface area contributed by atoms with E-state index in [0.29, 0.717) is 47.8 Å². The number of nitrogens with one attached hydrogen (secondary N) is 2. The molecule has 1 aromatic heterocycles. The number of rotatable bonds is 6. The lowest BCUT2D eigenvalue weighted by atomic mass is 9.41. The van der Waals surface area contributed by atoms with Crippen molar-refractivity contribution in [2.75, 3.05) is 5.32 Å². The van der Waals surface area contributed by atoms with E-state index in [1.165, 1.54) is 25.7 Å². The molecule has 0 aromatic carbocycles. The second-order valence-electron chi connectivity index (χ2n) is 12.9. The Labute approximate surface area is 209 Å². The van der Waals surface area contributed by atoms with Crippen LogP contribution in [0.3, 0.4) is 0 Å². The number of aliphatic hydroxyl groups excluding tert-OH is 2. The van der Waals surface area contributed by atoms with E-state index < -0.39 is 0 Å². The first-order valence-electron chi connectivity index (χ1n) is 14.1. The summed E-state index contributed by atoms with van der Waals surface area (Å²) < 4.78 is 0. The summed E-state index contributed by atoms with van der Waals surface area (Å²) in [5.74, 6) is 3.41. The predicted molar refractivity (Wildman–Crippen MR) is 133 cm³/mol. The van der Waals surface area contributed by atoms with E-state index in [0.717, 1.165) is 32.1 Å². The molecule has 196 valence electrons. The van der Waals surface area contributed by atoms with Crippen molar-refractivity contribution >= 4 is 11.9 Å². The number of tetrazole rings is 1. The predicted octanol–water partition coefficient (Wildman–Crippen LogP) is 4.18. The molecular weight excluding hydrogens is 442 g/mol. The fourth-order valence-electron chi connectivity index (χ4n) is 9.89. The molecule has 5 rings (SSSR count). The molecule has 8 heteroatoms. The SMILES string of the molecule is CC[C@H]1[C@@H](O)[C@@H]2[C@H](CC[C@]3(C)[C@@H]([C@H](C)CCC(=O)Nc4nn[nH]n4)CC[C@@H]23)[C@@]2(C)CC[C@@H](O)C[C@@H]12. The van der Waals surface area contributed by atoms with Crippen molar-refractivity contribution in [2.45, 2.75) is 104 Å². The number of carbonyl (C=O) groups is 1. The van der Waals surface area contributed by atoms with E-state index in [1.807, 2.05) is 0 Å². The monoisotopic (exact) mass is 487 g/mol. The van der Waals surface area contributed by atoms with Gasteiger partial charge in [0.2, 0.25) is 5.91 Å². The van der Waals surface area contributed by atoms with Crippen LogP contribution < -0.4 is 5.32 Å². The summed E-state index contributed by atoms with van der Waals surface area (Å²) in [4.78, 5) is 12.4. The topological polar surface area (TPSA) is 124 Å². The van der Waals surface area contributed by atoms with Gasteiger partial charge in [0.1, 0.15) is 0 Å². The minimum atomic E-state index is -0.257. The Kier molecular flexibility index (Phi) is 6.75. The number of H-pyrrole nitrogens is 1. The molecule has 1 heterocycles. The standard InChI is InChI=1S/C27H45N5O3/c1-5-17-21-14-16(33)10-12-27(21,4)20-11-13-26(3)18(7-8-19(26)23(20)24(17)35)15(2)6-9-22(34)28-25-29-31-32-30-25/h15-21,23-24,33,35H,5-14H2,1-4H3,(H2,28,29,30,31,32,34)/t15-,16-,17-,18-,19+,20+,21+,23+,24-,26-,27-/m1/s1. The Morgan fingerprint density at radius 2 is 1.86 bits per heavy atom. The summed E-state index contributed by atoms with van der Waals surface area (Å²) in [5, 5.41) is 38.5. The molecule has 1 aromatic rings. The molecule has 1 amide bonds. The molecule has 0 unspecified atom stereocenters. The Balaban J connectivity index is 1.31. The lowest BCUT2D eigenvalue weighted by Gasteiger charge is -2.64. The van der Waals surface area contributed by atoms with Crippen molar-refractivity contribution in [3.8, 4) is 0 Å². The van der Waals surface area contributed by atoms with E-state index in [2.05, 4.69) is 53.6 Å². The van der Waals surface area contributed by atoms with Crippen molar-refractivity contribution < 1.29 is 15.0 Å². The first kappa shape index (κ1) is 25.1. The van der Waals surface area contributed by atoms with Crippen LogP contribution in [-0.4, -0.2) is 49.0 Å². The number of amides is 1. The Hall–Kier alpha value is -1.54. The number of nitrogens with zero attached hydrogens (tertiary/aromatic N) is 3. The average molecular weight is 488 g/mol. The number of aliphatic hydroxyl groups is 2. The third-order valence-corrected chi connectivity index (χ3v) is 11.6. The Bertz CT molecular complexity index is 895. The maximum atomic E-state index is 12.4. The molecular formula is C27H45N5O3. The number of carbonyl (C=O) groups excluding carboxylic acids is 1. The van der Waals surface area contributed by atoms with Gasteiger partial charge in [-0.1, -0.05) is 39.2 Å². The molecule has 0 spiro atoms. The highest BCUT2D eigenvalue weighted by Gasteiger charge is 2.64. The van der Waals surface area contributed by atoms with Crippen LogP contribution in [0.25, 0.3) is 0 Å². The summed E-state index contributed by atoms with van der Waals surface area (Å²) >= 11 is 0. The van der Waals surface area contributed by atoms with Crippen molar-refractivity contribution in [3.05, 3.63) is 0 Å². The zero-order valence-corrected chi connectivity index (χ0v) is 21.9. The molecule has 8 nitrogen and oxygen atoms in total. The van der Waals surface area contributed by atoms with Gasteiger partial charge in [-0.15, -0.1) is 5.10 Å². The fraction of sp³-hybridized carbons (Fsp3) is 0.926. The number of hydrogen-bond donors (Lipinski definition) is 4. The van der Waals surface area contributed by atoms with Crippen molar-refractivity contribution in [3.63, 3.8) is 0 Å². The zero-order valence-electron chi connectivity index (χ0n) is 21.9. The Morgan fingerprint density at radius 1 is 1.11 bits per heavy atom. The summed E-state index contributed by atoms with van der Waals surface area (Å²) in [5.41, 5.74) is 0.462. The minimum Gasteiger partial charge on any atom is -0.393 e. The van der Waals surface area contributed by atoms with Crippen molar-refractivity contribution in [1.82, 2.24) is 20.6 Å². The molecule has 0 aliphatic heterocycles. The molecule has 0 radical (unpaired) electrons. The highest BCUT2D eigenvalue weighted by molar-refractivity contribution is 5.88. The quantitative estimate of drug-likeness (QED) is 0.477. The first-order valence-corrected chi connectivity index (χ1v) is 14.1. The lowest BCUT2D eigenvalue weighted by Crippen LogP contribution is -2.62. The van der Waals surface area contributed by atoms with Crippen molar-refractivity contribution in [1.29, 1.82) is 0 Å². The molecule has 0 bridgehead atoms. The van der Waals surface area contributed by atoms with E-state index in [9.17, 15) is 15.0 Å². The minimum absolute atomic E-state index is 0.0615. The second kappa shape index (κ2) is 9.40. The van der Waals surface area contributed by atoms with Gasteiger partial charge in [0.15, 0.2) is 0 Å². The number of anilines is 1. The van der Waals surface area contributed by atoms with Gasteiger partial charge in [0, 0.05) is 6.42 Å². The van der Waals surface area contributed by atoms with Crippen LogP contribution in [0.4, 0.5) is 5.95 Å². The maximum Gasteiger partial charge on any atom is 0.269 e. The van der Waals surface area contributed by atoms with Crippen LogP contribution >= 0.6 is 0 Å². The number of hydrogen-bond acceptors (Lipinski definition) is 6. The fourth-order valence-corrected chi connectivity index (χ4v) is 9.89. The van der Waals surface area contributed by atoms with Crippen LogP contribution in [0.5, 0.6) is 0 Å². The molecule has 4 N–H and O–H groups in total. The summed E-state index contributed by atoms with van der Waals surface area (Å²) in [6.07, 6.45) is 9.52. The average Bonchev–Trinajstić information content (AvgIpc) is 3.46. The zero-order chi connectivity index (χ0) is 25.0. The highest BCUT2D eigenvalue weighted by atomic mass is 16.3. The van der Waals surface area contributed by atoms with Gasteiger partial charge in [-0.25, -0.2) is 0 Å². The lowest BCUT2D eigenvalue weighted by molar-refractivity contribution is -0.203. The van der Waals surface area contributed by atoms with E-state index in [1.54, 1.807) is 0 Å². The largest absolute Gasteiger partial charge is 0.393 e. The van der Waals surface area contributed by atoms with E-state index in [4.69, 9.17) is 0 Å². The van der Waals surface area contributed by atoms with Gasteiger partial charge in [-0.3, -0.25) is 10.1 Å². The first-order chi connectivity index (χ1) is 16.7. The van der Waals surface area contributed by atoms with Crippen LogP contribution in [0, 0.1) is 52.3 Å². The van der Waals surface area contributed by atoms with Crippen LogP contribution in [0.1, 0.15) is 91.9 Å². The third-order valence-electron chi connectivity index (χ3n) is 11.6. The Morgan fingerprint density at radius 3 is 2.57 bits per heavy atom. The molecule has 4 aliphatic rings. The maximum absolute atomic E-state index is 12.4. The second-order valence-corrected chi connectivity index (χ2v) is 12.9. The normalized spacial score (nSPS) is 45.8. The van der Waals surface area contributed by atoms with Gasteiger partial charge < -0.3 is 10.2 Å². The van der Waals surface area contributed by atoms with Crippen molar-refractivity contribution in [2.24, 2.45) is 52.3 Å². The summed E-state index contributed by atoms with van der Waals surface area (Å²) in [7, 11) is 0. The molecule has 4 fully saturated rings. The van der Waals surface area contributed by atoms with E-state index >= 15 is 0 Å². The van der Waals surface area contributed by atoms with Gasteiger partial charge in [0.25, 0.3) is 5.95 Å². The number of aromatic amines is 1. The molecule has 0 saturated heterocycles. The van der Waals surface area contributed by atoms with Gasteiger partial charge in [0.05, 0.1) is 12.2 Å². The van der Waals surface area contributed by atoms with Crippen LogP contribution in [0.2, 0.25) is 0 Å². The van der Waals surface area contributed by atoms with Gasteiger partial charge in [-0.05, 0) is 109 Å².